The Morgan fingerprint density at radius 2 is 1.92 bits per heavy atom. The lowest BCUT2D eigenvalue weighted by atomic mass is 10.2. The van der Waals surface area contributed by atoms with Crippen LogP contribution in [-0.2, 0) is 0 Å². The molecule has 7 heteroatoms. The van der Waals surface area contributed by atoms with Crippen LogP contribution in [0.5, 0.6) is 5.75 Å². The molecular weight excluding hydrogens is 318 g/mol. The highest BCUT2D eigenvalue weighted by Gasteiger charge is 2.27. The summed E-state index contributed by atoms with van der Waals surface area (Å²) in [5.41, 5.74) is 1.00. The quantitative estimate of drug-likeness (QED) is 0.739. The molecule has 3 heterocycles. The third kappa shape index (κ3) is 2.92. The van der Waals surface area contributed by atoms with Crippen LogP contribution in [0.4, 0.5) is 0 Å². The second-order valence-electron chi connectivity index (χ2n) is 6.15. The standard InChI is InChI=1S/C18H21N5O2/c1-25-16-4-2-14(3-5-16)22-8-6-19-17(22)18-20-7-9-23(18)15-10-13(12-24)21-11-15/h2-9,13,15,21,24H,10-12H2,1H3/t13-,15+/m1/s1. The van der Waals surface area contributed by atoms with Crippen molar-refractivity contribution in [2.45, 2.75) is 18.5 Å². The highest BCUT2D eigenvalue weighted by molar-refractivity contribution is 5.52. The van der Waals surface area contributed by atoms with E-state index in [9.17, 15) is 5.11 Å². The summed E-state index contributed by atoms with van der Waals surface area (Å²) in [5.74, 6) is 2.44. The minimum atomic E-state index is 0.140. The van der Waals surface area contributed by atoms with E-state index in [0.717, 1.165) is 36.1 Å². The van der Waals surface area contributed by atoms with E-state index in [2.05, 4.69) is 19.9 Å². The number of hydrogen-bond acceptors (Lipinski definition) is 5. The summed E-state index contributed by atoms with van der Waals surface area (Å²) in [4.78, 5) is 9.07. The maximum absolute atomic E-state index is 9.36. The van der Waals surface area contributed by atoms with Crippen molar-refractivity contribution in [1.82, 2.24) is 24.4 Å². The number of rotatable bonds is 5. The molecule has 0 unspecified atom stereocenters. The Morgan fingerprint density at radius 1 is 1.16 bits per heavy atom. The van der Waals surface area contributed by atoms with Gasteiger partial charge < -0.3 is 19.7 Å². The molecule has 1 aliphatic heterocycles. The Hall–Kier alpha value is -2.64. The van der Waals surface area contributed by atoms with Crippen molar-refractivity contribution in [2.75, 3.05) is 20.3 Å². The predicted octanol–water partition coefficient (Wildman–Crippen LogP) is 1.64. The van der Waals surface area contributed by atoms with Crippen LogP contribution in [0.1, 0.15) is 12.5 Å². The molecule has 2 N–H and O–H groups in total. The van der Waals surface area contributed by atoms with E-state index < -0.39 is 0 Å². The van der Waals surface area contributed by atoms with Crippen LogP contribution < -0.4 is 10.1 Å². The molecule has 7 nitrogen and oxygen atoms in total. The molecule has 0 amide bonds. The summed E-state index contributed by atoms with van der Waals surface area (Å²) < 4.78 is 9.39. The van der Waals surface area contributed by atoms with Gasteiger partial charge >= 0.3 is 0 Å². The summed E-state index contributed by atoms with van der Waals surface area (Å²) in [6.07, 6.45) is 8.37. The molecule has 0 radical (unpaired) electrons. The third-order valence-corrected chi connectivity index (χ3v) is 4.67. The third-order valence-electron chi connectivity index (χ3n) is 4.67. The van der Waals surface area contributed by atoms with Crippen LogP contribution in [0.3, 0.4) is 0 Å². The van der Waals surface area contributed by atoms with Gasteiger partial charge in [0.25, 0.3) is 0 Å². The average molecular weight is 339 g/mol. The molecule has 0 saturated carbocycles. The van der Waals surface area contributed by atoms with Gasteiger partial charge in [0.15, 0.2) is 11.6 Å². The molecule has 2 atom stereocenters. The van der Waals surface area contributed by atoms with Crippen LogP contribution in [0.25, 0.3) is 17.3 Å². The van der Waals surface area contributed by atoms with Crippen LogP contribution in [-0.4, -0.2) is 50.5 Å². The number of benzene rings is 1. The lowest BCUT2D eigenvalue weighted by molar-refractivity contribution is 0.253. The molecule has 1 saturated heterocycles. The van der Waals surface area contributed by atoms with E-state index in [-0.39, 0.29) is 18.7 Å². The first kappa shape index (κ1) is 15.9. The number of aliphatic hydroxyl groups excluding tert-OH is 1. The van der Waals surface area contributed by atoms with Crippen LogP contribution in [0, 0.1) is 0 Å². The van der Waals surface area contributed by atoms with Crippen molar-refractivity contribution in [1.29, 1.82) is 0 Å². The maximum Gasteiger partial charge on any atom is 0.181 e. The molecular formula is C18H21N5O2. The number of hydrogen-bond donors (Lipinski definition) is 2. The smallest absolute Gasteiger partial charge is 0.181 e. The van der Waals surface area contributed by atoms with Crippen molar-refractivity contribution < 1.29 is 9.84 Å². The van der Waals surface area contributed by atoms with Crippen molar-refractivity contribution in [3.05, 3.63) is 49.1 Å². The minimum absolute atomic E-state index is 0.140. The SMILES string of the molecule is COc1ccc(-n2ccnc2-c2nccn2[C@@H]2CN[C@@H](CO)C2)cc1. The van der Waals surface area contributed by atoms with Crippen molar-refractivity contribution >= 4 is 0 Å². The molecule has 130 valence electrons. The first-order valence-corrected chi connectivity index (χ1v) is 8.35. The zero-order valence-corrected chi connectivity index (χ0v) is 14.0. The molecule has 25 heavy (non-hydrogen) atoms. The molecule has 3 aromatic rings. The lowest BCUT2D eigenvalue weighted by Crippen LogP contribution is -2.24. The van der Waals surface area contributed by atoms with Gasteiger partial charge in [-0.15, -0.1) is 0 Å². The largest absolute Gasteiger partial charge is 0.497 e. The van der Waals surface area contributed by atoms with Gasteiger partial charge in [0, 0.05) is 49.1 Å². The van der Waals surface area contributed by atoms with Gasteiger partial charge in [-0.3, -0.25) is 4.57 Å². The number of nitrogens with zero attached hydrogens (tertiary/aromatic N) is 4. The predicted molar refractivity (Wildman–Crippen MR) is 93.9 cm³/mol. The Bertz CT molecular complexity index is 839. The topological polar surface area (TPSA) is 77.1 Å². The molecule has 1 aliphatic rings. The van der Waals surface area contributed by atoms with Gasteiger partial charge in [0.1, 0.15) is 5.75 Å². The van der Waals surface area contributed by atoms with Gasteiger partial charge in [-0.05, 0) is 30.7 Å². The summed E-state index contributed by atoms with van der Waals surface area (Å²) in [6.45, 7) is 0.971. The first-order chi connectivity index (χ1) is 12.3. The number of methoxy groups -OCH3 is 1. The van der Waals surface area contributed by atoms with E-state index in [4.69, 9.17) is 4.74 Å². The van der Waals surface area contributed by atoms with E-state index in [1.807, 2.05) is 41.2 Å². The fourth-order valence-electron chi connectivity index (χ4n) is 3.35. The van der Waals surface area contributed by atoms with Crippen LogP contribution in [0.2, 0.25) is 0 Å². The fraction of sp³-hybridized carbons (Fsp3) is 0.333. The van der Waals surface area contributed by atoms with Gasteiger partial charge in [0.05, 0.1) is 13.7 Å². The molecule has 0 spiro atoms. The Morgan fingerprint density at radius 3 is 2.64 bits per heavy atom. The summed E-state index contributed by atoms with van der Waals surface area (Å²) >= 11 is 0. The number of imidazole rings is 2. The van der Waals surface area contributed by atoms with Gasteiger partial charge in [-0.25, -0.2) is 9.97 Å². The Kier molecular flexibility index (Phi) is 4.25. The van der Waals surface area contributed by atoms with Gasteiger partial charge in [0.2, 0.25) is 0 Å². The summed E-state index contributed by atoms with van der Waals surface area (Å²) in [6, 6.07) is 8.25. The fourth-order valence-corrected chi connectivity index (χ4v) is 3.35. The van der Waals surface area contributed by atoms with E-state index in [0.29, 0.717) is 0 Å². The molecule has 0 bridgehead atoms. The number of aliphatic hydroxyl groups is 1. The van der Waals surface area contributed by atoms with Crippen molar-refractivity contribution in [2.24, 2.45) is 0 Å². The Labute approximate surface area is 145 Å². The first-order valence-electron chi connectivity index (χ1n) is 8.35. The monoisotopic (exact) mass is 339 g/mol. The Balaban J connectivity index is 1.68. The van der Waals surface area contributed by atoms with Gasteiger partial charge in [-0.2, -0.15) is 0 Å². The molecule has 1 aromatic carbocycles. The summed E-state index contributed by atoms with van der Waals surface area (Å²) in [7, 11) is 1.66. The zero-order valence-electron chi connectivity index (χ0n) is 14.0. The second-order valence-corrected chi connectivity index (χ2v) is 6.15. The molecule has 1 fully saturated rings. The molecule has 0 aliphatic carbocycles. The second kappa shape index (κ2) is 6.70. The molecule has 2 aromatic heterocycles. The average Bonchev–Trinajstić information content (AvgIpc) is 3.40. The van der Waals surface area contributed by atoms with Crippen molar-refractivity contribution in [3.8, 4) is 23.1 Å². The molecule has 4 rings (SSSR count). The highest BCUT2D eigenvalue weighted by atomic mass is 16.5. The normalized spacial score (nSPS) is 20.1. The highest BCUT2D eigenvalue weighted by Crippen LogP contribution is 2.27. The number of nitrogens with one attached hydrogen (secondary N) is 1. The van der Waals surface area contributed by atoms with Gasteiger partial charge in [-0.1, -0.05) is 0 Å². The van der Waals surface area contributed by atoms with E-state index in [1.54, 1.807) is 19.5 Å². The van der Waals surface area contributed by atoms with Crippen molar-refractivity contribution in [3.63, 3.8) is 0 Å². The lowest BCUT2D eigenvalue weighted by Gasteiger charge is -2.15. The van der Waals surface area contributed by atoms with Crippen LogP contribution in [0.15, 0.2) is 49.1 Å². The van der Waals surface area contributed by atoms with E-state index in [1.165, 1.54) is 0 Å². The van der Waals surface area contributed by atoms with E-state index >= 15 is 0 Å². The maximum atomic E-state index is 9.36. The minimum Gasteiger partial charge on any atom is -0.497 e. The summed E-state index contributed by atoms with van der Waals surface area (Å²) in [5, 5.41) is 12.7. The number of ether oxygens (including phenoxy) is 1. The number of aromatic nitrogens is 4. The van der Waals surface area contributed by atoms with Crippen LogP contribution >= 0.6 is 0 Å². The zero-order chi connectivity index (χ0) is 17.2.